The maximum Gasteiger partial charge on any atom is 0.303 e. The number of fused-ring (bicyclic) bond motifs is 1. The van der Waals surface area contributed by atoms with Crippen LogP contribution in [-0.4, -0.2) is 9.85 Å². The number of aryl methyl sites for hydroxylation is 1. The number of rotatable bonds is 4. The largest absolute Gasteiger partial charge is 0.303 e. The Balaban J connectivity index is 2.07. The molecule has 124 valence electrons. The normalized spacial score (nSPS) is 11.1. The van der Waals surface area contributed by atoms with E-state index < -0.39 is 15.5 Å². The van der Waals surface area contributed by atoms with Gasteiger partial charge in [0.25, 0.3) is 5.69 Å². The third-order valence-electron chi connectivity index (χ3n) is 3.75. The highest BCUT2D eigenvalue weighted by Gasteiger charge is 2.19. The van der Waals surface area contributed by atoms with Crippen LogP contribution in [0.1, 0.15) is 5.56 Å². The monoisotopic (exact) mass is 336 g/mol. The minimum atomic E-state index is -0.714. The van der Waals surface area contributed by atoms with Gasteiger partial charge in [-0.2, -0.15) is 0 Å². The van der Waals surface area contributed by atoms with Crippen LogP contribution in [0, 0.1) is 27.2 Å². The lowest BCUT2D eigenvalue weighted by Gasteiger charge is -2.04. The summed E-state index contributed by atoms with van der Waals surface area (Å²) < 4.78 is 0. The van der Waals surface area contributed by atoms with Crippen LogP contribution < -0.4 is 0 Å². The van der Waals surface area contributed by atoms with Gasteiger partial charge >= 0.3 is 5.69 Å². The molecule has 25 heavy (non-hydrogen) atoms. The molecule has 0 N–H and O–H groups in total. The van der Waals surface area contributed by atoms with Gasteiger partial charge in [0.1, 0.15) is 0 Å². The second-order valence-corrected chi connectivity index (χ2v) is 5.33. The highest BCUT2D eigenvalue weighted by molar-refractivity contribution is 5.94. The van der Waals surface area contributed by atoms with Crippen molar-refractivity contribution in [2.45, 2.75) is 6.92 Å². The smallest absolute Gasteiger partial charge is 0.258 e. The molecular weight excluding hydrogens is 324 g/mol. The summed E-state index contributed by atoms with van der Waals surface area (Å²) in [6.45, 7) is 1.98. The van der Waals surface area contributed by atoms with Crippen LogP contribution in [0.15, 0.2) is 64.8 Å². The van der Waals surface area contributed by atoms with E-state index in [1.54, 1.807) is 6.07 Å². The zero-order valence-corrected chi connectivity index (χ0v) is 13.1. The van der Waals surface area contributed by atoms with Gasteiger partial charge in [-0.05, 0) is 30.0 Å². The van der Waals surface area contributed by atoms with Crippen molar-refractivity contribution < 1.29 is 9.85 Å². The van der Waals surface area contributed by atoms with E-state index >= 15 is 0 Å². The molecule has 0 aliphatic carbocycles. The topological polar surface area (TPSA) is 111 Å². The van der Waals surface area contributed by atoms with Gasteiger partial charge in [0.2, 0.25) is 0 Å². The minimum Gasteiger partial charge on any atom is -0.258 e. The molecule has 8 heteroatoms. The number of nitro groups is 2. The Hall–Kier alpha value is -3.68. The summed E-state index contributed by atoms with van der Waals surface area (Å²) in [5.74, 6) is 0. The van der Waals surface area contributed by atoms with Crippen molar-refractivity contribution in [3.05, 3.63) is 80.4 Å². The Morgan fingerprint density at radius 2 is 1.44 bits per heavy atom. The Morgan fingerprint density at radius 1 is 0.800 bits per heavy atom. The van der Waals surface area contributed by atoms with Crippen molar-refractivity contribution in [1.82, 2.24) is 0 Å². The van der Waals surface area contributed by atoms with Crippen molar-refractivity contribution >= 4 is 33.5 Å². The zero-order valence-electron chi connectivity index (χ0n) is 13.1. The SMILES string of the molecule is Cc1ccc(N=Nc2ccc([N+](=O)[O-])cc2[N+](=O)[O-])c2ccccc12. The van der Waals surface area contributed by atoms with Crippen molar-refractivity contribution in [1.29, 1.82) is 0 Å². The average molecular weight is 336 g/mol. The number of nitrogens with zero attached hydrogens (tertiary/aromatic N) is 4. The second kappa shape index (κ2) is 6.44. The molecule has 0 aromatic heterocycles. The molecule has 0 aliphatic heterocycles. The summed E-state index contributed by atoms with van der Waals surface area (Å²) in [6.07, 6.45) is 0. The van der Waals surface area contributed by atoms with Gasteiger partial charge in [-0.1, -0.05) is 30.3 Å². The molecule has 0 atom stereocenters. The fourth-order valence-corrected chi connectivity index (χ4v) is 2.48. The van der Waals surface area contributed by atoms with E-state index in [9.17, 15) is 20.2 Å². The first-order valence-corrected chi connectivity index (χ1v) is 7.30. The maximum absolute atomic E-state index is 11.1. The highest BCUT2D eigenvalue weighted by Crippen LogP contribution is 2.34. The predicted molar refractivity (Wildman–Crippen MR) is 92.6 cm³/mol. The first kappa shape index (κ1) is 16.2. The van der Waals surface area contributed by atoms with Gasteiger partial charge in [0.15, 0.2) is 5.69 Å². The van der Waals surface area contributed by atoms with Crippen LogP contribution in [0.4, 0.5) is 22.7 Å². The summed E-state index contributed by atoms with van der Waals surface area (Å²) in [7, 11) is 0. The van der Waals surface area contributed by atoms with Crippen LogP contribution in [0.3, 0.4) is 0 Å². The molecule has 3 rings (SSSR count). The molecule has 3 aromatic carbocycles. The van der Waals surface area contributed by atoms with Crippen LogP contribution in [0.25, 0.3) is 10.8 Å². The fraction of sp³-hybridized carbons (Fsp3) is 0.0588. The molecule has 0 bridgehead atoms. The standard InChI is InChI=1S/C17H12N4O4/c1-11-6-8-15(14-5-3-2-4-13(11)14)18-19-16-9-7-12(20(22)23)10-17(16)21(24)25/h2-10H,1H3. The lowest BCUT2D eigenvalue weighted by molar-refractivity contribution is -0.393. The molecule has 0 heterocycles. The lowest BCUT2D eigenvalue weighted by Crippen LogP contribution is -1.92. The molecule has 0 saturated carbocycles. The zero-order chi connectivity index (χ0) is 18.0. The third kappa shape index (κ3) is 3.18. The van der Waals surface area contributed by atoms with Gasteiger partial charge in [0, 0.05) is 11.5 Å². The van der Waals surface area contributed by atoms with E-state index in [-0.39, 0.29) is 11.4 Å². The van der Waals surface area contributed by atoms with E-state index in [1.807, 2.05) is 37.3 Å². The Morgan fingerprint density at radius 3 is 2.12 bits per heavy atom. The quantitative estimate of drug-likeness (QED) is 0.361. The first-order valence-electron chi connectivity index (χ1n) is 7.30. The lowest BCUT2D eigenvalue weighted by atomic mass is 10.0. The molecule has 0 fully saturated rings. The third-order valence-corrected chi connectivity index (χ3v) is 3.75. The van der Waals surface area contributed by atoms with Crippen LogP contribution in [0.2, 0.25) is 0 Å². The first-order chi connectivity index (χ1) is 12.0. The number of nitro benzene ring substituents is 2. The van der Waals surface area contributed by atoms with Crippen LogP contribution in [-0.2, 0) is 0 Å². The predicted octanol–water partition coefficient (Wildman–Crippen LogP) is 5.38. The summed E-state index contributed by atoms with van der Waals surface area (Å²) in [5, 5.41) is 31.9. The number of hydrogen-bond donors (Lipinski definition) is 0. The van der Waals surface area contributed by atoms with Gasteiger partial charge in [-0.25, -0.2) is 0 Å². The van der Waals surface area contributed by atoms with Crippen molar-refractivity contribution in [3.63, 3.8) is 0 Å². The average Bonchev–Trinajstić information content (AvgIpc) is 2.61. The van der Waals surface area contributed by atoms with E-state index in [2.05, 4.69) is 10.2 Å². The summed E-state index contributed by atoms with van der Waals surface area (Å²) in [6, 6.07) is 14.6. The van der Waals surface area contributed by atoms with E-state index in [0.29, 0.717) is 5.69 Å². The van der Waals surface area contributed by atoms with Gasteiger partial charge in [0.05, 0.1) is 21.6 Å². The molecule has 3 aromatic rings. The molecule has 8 nitrogen and oxygen atoms in total. The van der Waals surface area contributed by atoms with Gasteiger partial charge in [-0.15, -0.1) is 10.2 Å². The molecule has 0 amide bonds. The number of hydrogen-bond acceptors (Lipinski definition) is 6. The van der Waals surface area contributed by atoms with Crippen molar-refractivity contribution in [3.8, 4) is 0 Å². The molecule has 0 spiro atoms. The van der Waals surface area contributed by atoms with Crippen molar-refractivity contribution in [2.75, 3.05) is 0 Å². The number of benzene rings is 3. The summed E-state index contributed by atoms with van der Waals surface area (Å²) in [5.41, 5.74) is 0.769. The Bertz CT molecular complexity index is 1030. The second-order valence-electron chi connectivity index (χ2n) is 5.33. The van der Waals surface area contributed by atoms with Crippen LogP contribution >= 0.6 is 0 Å². The Labute approximate surface area is 141 Å². The van der Waals surface area contributed by atoms with Crippen molar-refractivity contribution in [2.24, 2.45) is 10.2 Å². The van der Waals surface area contributed by atoms with E-state index in [0.717, 1.165) is 28.5 Å². The molecule has 0 aliphatic rings. The minimum absolute atomic E-state index is 0.0414. The Kier molecular flexibility index (Phi) is 4.17. The molecule has 0 saturated heterocycles. The summed E-state index contributed by atoms with van der Waals surface area (Å²) >= 11 is 0. The van der Waals surface area contributed by atoms with Gasteiger partial charge < -0.3 is 0 Å². The highest BCUT2D eigenvalue weighted by atomic mass is 16.6. The van der Waals surface area contributed by atoms with Crippen LogP contribution in [0.5, 0.6) is 0 Å². The molecule has 0 unspecified atom stereocenters. The fourth-order valence-electron chi connectivity index (χ4n) is 2.48. The molecular formula is C17H12N4O4. The van der Waals surface area contributed by atoms with E-state index in [1.165, 1.54) is 6.07 Å². The number of non-ortho nitro benzene ring substituents is 1. The van der Waals surface area contributed by atoms with E-state index in [4.69, 9.17) is 0 Å². The summed E-state index contributed by atoms with van der Waals surface area (Å²) in [4.78, 5) is 20.5. The van der Waals surface area contributed by atoms with Gasteiger partial charge in [-0.3, -0.25) is 20.2 Å². The number of azo groups is 1. The molecule has 0 radical (unpaired) electrons. The maximum atomic E-state index is 11.1.